The van der Waals surface area contributed by atoms with Crippen molar-refractivity contribution in [3.63, 3.8) is 0 Å². The normalized spacial score (nSPS) is 11.0. The van der Waals surface area contributed by atoms with E-state index in [0.717, 1.165) is 4.47 Å². The van der Waals surface area contributed by atoms with Crippen LogP contribution in [0.15, 0.2) is 27.3 Å². The zero-order valence-corrected chi connectivity index (χ0v) is 14.2. The fourth-order valence-corrected chi connectivity index (χ4v) is 2.36. The van der Waals surface area contributed by atoms with Gasteiger partial charge in [-0.2, -0.15) is 14.5 Å². The van der Waals surface area contributed by atoms with Crippen molar-refractivity contribution in [3.05, 3.63) is 56.0 Å². The highest BCUT2D eigenvalue weighted by atomic mass is 79.9. The Labute approximate surface area is 143 Å². The maximum Gasteiger partial charge on any atom is 0.490 e. The van der Waals surface area contributed by atoms with Crippen LogP contribution in [-0.2, 0) is 6.54 Å². The Balaban J connectivity index is 1.80. The third-order valence-corrected chi connectivity index (χ3v) is 4.42. The first-order valence-electron chi connectivity index (χ1n) is 6.76. The molecular weight excluding hydrogens is 384 g/mol. The van der Waals surface area contributed by atoms with Crippen molar-refractivity contribution >= 4 is 27.8 Å². The number of hydrogen-bond acceptors (Lipinski definition) is 7. The molecule has 0 fully saturated rings. The van der Waals surface area contributed by atoms with E-state index >= 15 is 0 Å². The predicted octanol–water partition coefficient (Wildman–Crippen LogP) is 2.09. The van der Waals surface area contributed by atoms with Crippen LogP contribution in [-0.4, -0.2) is 35.4 Å². The summed E-state index contributed by atoms with van der Waals surface area (Å²) in [6, 6.07) is 3.12. The van der Waals surface area contributed by atoms with Gasteiger partial charge in [0.1, 0.15) is 12.3 Å². The van der Waals surface area contributed by atoms with Gasteiger partial charge in [0.25, 0.3) is 0 Å². The van der Waals surface area contributed by atoms with Gasteiger partial charge in [-0.1, -0.05) is 4.98 Å². The van der Waals surface area contributed by atoms with Crippen LogP contribution in [0, 0.1) is 24.0 Å². The van der Waals surface area contributed by atoms with Crippen LogP contribution < -0.4 is 0 Å². The van der Waals surface area contributed by atoms with E-state index in [4.69, 9.17) is 4.42 Å². The Morgan fingerprint density at radius 2 is 2.12 bits per heavy atom. The fourth-order valence-electron chi connectivity index (χ4n) is 2.11. The summed E-state index contributed by atoms with van der Waals surface area (Å²) in [5.41, 5.74) is 1.37. The largest absolute Gasteiger partial charge is 0.490 e. The fraction of sp³-hybridized carbons (Fsp3) is 0.231. The van der Waals surface area contributed by atoms with Gasteiger partial charge in [-0.3, -0.25) is 4.79 Å². The highest BCUT2D eigenvalue weighted by molar-refractivity contribution is 9.10. The lowest BCUT2D eigenvalue weighted by Gasteiger charge is -2.00. The first-order valence-corrected chi connectivity index (χ1v) is 7.55. The molecule has 0 radical (unpaired) electrons. The van der Waals surface area contributed by atoms with Crippen molar-refractivity contribution in [2.75, 3.05) is 0 Å². The molecule has 0 amide bonds. The number of aryl methyl sites for hydroxylation is 1. The minimum atomic E-state index is -0.686. The monoisotopic (exact) mass is 394 g/mol. The number of rotatable bonds is 4. The number of carbonyl (C=O) groups is 1. The molecule has 10 nitrogen and oxygen atoms in total. The summed E-state index contributed by atoms with van der Waals surface area (Å²) in [6.07, 6.45) is 1.22. The van der Waals surface area contributed by atoms with Crippen LogP contribution >= 0.6 is 15.9 Å². The summed E-state index contributed by atoms with van der Waals surface area (Å²) < 4.78 is 8.76. The van der Waals surface area contributed by atoms with Gasteiger partial charge in [0, 0.05) is 5.10 Å². The average molecular weight is 395 g/mol. The third-order valence-electron chi connectivity index (χ3n) is 3.27. The van der Waals surface area contributed by atoms with Crippen molar-refractivity contribution < 1.29 is 14.1 Å². The molecular formula is C13H11BrN6O4. The Bertz CT molecular complexity index is 940. The van der Waals surface area contributed by atoms with Gasteiger partial charge in [-0.05, 0) is 46.8 Å². The molecule has 24 heavy (non-hydrogen) atoms. The molecule has 124 valence electrons. The lowest BCUT2D eigenvalue weighted by atomic mass is 10.4. The molecule has 11 heteroatoms. The number of nitrogens with zero attached hydrogens (tertiary/aromatic N) is 6. The van der Waals surface area contributed by atoms with Gasteiger partial charge in [-0.25, -0.2) is 0 Å². The molecule has 3 rings (SSSR count). The van der Waals surface area contributed by atoms with E-state index in [-0.39, 0.29) is 12.3 Å². The van der Waals surface area contributed by atoms with Crippen molar-refractivity contribution in [3.8, 4) is 0 Å². The van der Waals surface area contributed by atoms with E-state index < -0.39 is 16.8 Å². The van der Waals surface area contributed by atoms with Crippen molar-refractivity contribution in [1.82, 2.24) is 24.5 Å². The number of furan rings is 1. The van der Waals surface area contributed by atoms with E-state index in [1.165, 1.54) is 21.8 Å². The lowest BCUT2D eigenvalue weighted by Crippen LogP contribution is -2.14. The van der Waals surface area contributed by atoms with Gasteiger partial charge < -0.3 is 14.5 Å². The second kappa shape index (κ2) is 6.00. The van der Waals surface area contributed by atoms with Gasteiger partial charge in [-0.15, -0.1) is 0 Å². The van der Waals surface area contributed by atoms with Gasteiger partial charge in [0.15, 0.2) is 5.76 Å². The maximum absolute atomic E-state index is 12.5. The van der Waals surface area contributed by atoms with Crippen LogP contribution in [0.5, 0.6) is 0 Å². The lowest BCUT2D eigenvalue weighted by molar-refractivity contribution is -0.394. The van der Waals surface area contributed by atoms with Gasteiger partial charge in [0.2, 0.25) is 6.33 Å². The quantitative estimate of drug-likeness (QED) is 0.490. The highest BCUT2D eigenvalue weighted by Crippen LogP contribution is 2.21. The van der Waals surface area contributed by atoms with Crippen LogP contribution in [0.2, 0.25) is 0 Å². The van der Waals surface area contributed by atoms with Crippen LogP contribution in [0.3, 0.4) is 0 Å². The minimum absolute atomic E-state index is 0.109. The maximum atomic E-state index is 12.5. The number of aromatic nitrogens is 5. The SMILES string of the molecule is Cc1nn(C(=O)c2ccc(Cn3cnc([N+](=O)[O-])n3)o2)c(C)c1Br. The first kappa shape index (κ1) is 16.1. The minimum Gasteiger partial charge on any atom is -0.454 e. The topological polar surface area (TPSA) is 122 Å². The summed E-state index contributed by atoms with van der Waals surface area (Å²) in [5.74, 6) is -0.376. The Morgan fingerprint density at radius 1 is 1.38 bits per heavy atom. The van der Waals surface area contributed by atoms with Crippen LogP contribution in [0.1, 0.15) is 27.7 Å². The van der Waals surface area contributed by atoms with E-state index in [1.807, 2.05) is 0 Å². The summed E-state index contributed by atoms with van der Waals surface area (Å²) in [5, 5.41) is 18.4. The first-order chi connectivity index (χ1) is 11.4. The predicted molar refractivity (Wildman–Crippen MR) is 83.6 cm³/mol. The summed E-state index contributed by atoms with van der Waals surface area (Å²) >= 11 is 3.36. The molecule has 0 saturated carbocycles. The van der Waals surface area contributed by atoms with E-state index in [0.29, 0.717) is 17.1 Å². The van der Waals surface area contributed by atoms with E-state index in [9.17, 15) is 14.9 Å². The molecule has 0 N–H and O–H groups in total. The summed E-state index contributed by atoms with van der Waals surface area (Å²) in [6.45, 7) is 3.67. The number of halogens is 1. The number of hydrogen-bond donors (Lipinski definition) is 0. The molecule has 0 unspecified atom stereocenters. The average Bonchev–Trinajstić information content (AvgIpc) is 3.24. The molecule has 0 aromatic carbocycles. The molecule has 3 aromatic rings. The van der Waals surface area contributed by atoms with Crippen LogP contribution in [0.4, 0.5) is 5.95 Å². The van der Waals surface area contributed by atoms with Gasteiger partial charge in [0.05, 0.1) is 15.9 Å². The Morgan fingerprint density at radius 3 is 2.71 bits per heavy atom. The van der Waals surface area contributed by atoms with Crippen molar-refractivity contribution in [2.45, 2.75) is 20.4 Å². The standard InChI is InChI=1S/C13H11BrN6O4/c1-7-11(14)8(2)19(16-7)12(21)10-4-3-9(24-10)5-18-6-15-13(17-18)20(22)23/h3-4,6H,5H2,1-2H3. The molecule has 3 heterocycles. The smallest absolute Gasteiger partial charge is 0.454 e. The number of carbonyl (C=O) groups excluding carboxylic acids is 1. The number of nitro groups is 1. The second-order valence-corrected chi connectivity index (χ2v) is 5.76. The Hall–Kier alpha value is -2.82. The molecule has 0 aliphatic rings. The zero-order valence-electron chi connectivity index (χ0n) is 12.6. The van der Waals surface area contributed by atoms with E-state index in [2.05, 4.69) is 31.1 Å². The molecule has 0 spiro atoms. The summed E-state index contributed by atoms with van der Waals surface area (Å²) in [7, 11) is 0. The van der Waals surface area contributed by atoms with Gasteiger partial charge >= 0.3 is 11.9 Å². The second-order valence-electron chi connectivity index (χ2n) is 4.97. The highest BCUT2D eigenvalue weighted by Gasteiger charge is 2.20. The Kier molecular flexibility index (Phi) is 4.01. The molecule has 0 atom stereocenters. The molecule has 3 aromatic heterocycles. The van der Waals surface area contributed by atoms with Crippen molar-refractivity contribution in [2.24, 2.45) is 0 Å². The molecule has 0 saturated heterocycles. The molecule has 0 aliphatic heterocycles. The van der Waals surface area contributed by atoms with E-state index in [1.54, 1.807) is 19.9 Å². The zero-order chi connectivity index (χ0) is 17.4. The molecule has 0 bridgehead atoms. The van der Waals surface area contributed by atoms with Crippen molar-refractivity contribution in [1.29, 1.82) is 0 Å². The molecule has 0 aliphatic carbocycles. The van der Waals surface area contributed by atoms with Crippen LogP contribution in [0.25, 0.3) is 0 Å². The third kappa shape index (κ3) is 2.85. The summed E-state index contributed by atoms with van der Waals surface area (Å²) in [4.78, 5) is 25.9.